The molecule has 1 rings (SSSR count). The van der Waals surface area contributed by atoms with Crippen LogP contribution in [0.15, 0.2) is 5.38 Å². The number of hydrogen-bond donors (Lipinski definition) is 0. The second-order valence-corrected chi connectivity index (χ2v) is 5.69. The van der Waals surface area contributed by atoms with Crippen LogP contribution in [0, 0.1) is 0 Å². The Kier molecular flexibility index (Phi) is 4.74. The van der Waals surface area contributed by atoms with Crippen LogP contribution in [0.4, 0.5) is 5.13 Å². The second kappa shape index (κ2) is 5.64. The lowest BCUT2D eigenvalue weighted by Crippen LogP contribution is -2.28. The zero-order valence-electron chi connectivity index (χ0n) is 10.9. The first-order chi connectivity index (χ1) is 7.42. The van der Waals surface area contributed by atoms with Crippen LogP contribution in [-0.2, 0) is 11.2 Å². The molecule has 92 valence electrons. The van der Waals surface area contributed by atoms with E-state index in [-0.39, 0.29) is 5.60 Å². The maximum atomic E-state index is 5.69. The monoisotopic (exact) mass is 242 g/mol. The molecule has 0 N–H and O–H groups in total. The van der Waals surface area contributed by atoms with Gasteiger partial charge in [0.1, 0.15) is 0 Å². The summed E-state index contributed by atoms with van der Waals surface area (Å²) in [6, 6.07) is 0. The number of ether oxygens (including phenoxy) is 1. The summed E-state index contributed by atoms with van der Waals surface area (Å²) in [4.78, 5) is 6.68. The minimum atomic E-state index is -0.0572. The molecular formula is C12H22N2OS. The quantitative estimate of drug-likeness (QED) is 0.794. The molecular weight excluding hydrogens is 220 g/mol. The third-order valence-electron chi connectivity index (χ3n) is 2.19. The van der Waals surface area contributed by atoms with Gasteiger partial charge in [-0.25, -0.2) is 4.98 Å². The van der Waals surface area contributed by atoms with E-state index in [1.54, 1.807) is 11.3 Å². The number of hydrogen-bond acceptors (Lipinski definition) is 4. The molecule has 4 heteroatoms. The summed E-state index contributed by atoms with van der Waals surface area (Å²) in [6.45, 7) is 9.97. The summed E-state index contributed by atoms with van der Waals surface area (Å²) >= 11 is 1.70. The maximum Gasteiger partial charge on any atom is 0.185 e. The first-order valence-corrected chi connectivity index (χ1v) is 6.60. The Balaban J connectivity index is 2.37. The van der Waals surface area contributed by atoms with Gasteiger partial charge in [0.25, 0.3) is 0 Å². The Morgan fingerprint density at radius 1 is 1.44 bits per heavy atom. The van der Waals surface area contributed by atoms with Crippen molar-refractivity contribution in [1.82, 2.24) is 4.98 Å². The van der Waals surface area contributed by atoms with Gasteiger partial charge in [0.15, 0.2) is 5.13 Å². The number of rotatable bonds is 5. The van der Waals surface area contributed by atoms with Gasteiger partial charge in [-0.05, 0) is 27.2 Å². The minimum Gasteiger partial charge on any atom is -0.374 e. The lowest BCUT2D eigenvalue weighted by Gasteiger charge is -2.22. The Bertz CT molecular complexity index is 317. The molecule has 0 aliphatic rings. The largest absolute Gasteiger partial charge is 0.374 e. The van der Waals surface area contributed by atoms with Crippen molar-refractivity contribution in [3.05, 3.63) is 11.1 Å². The summed E-state index contributed by atoms with van der Waals surface area (Å²) in [5, 5.41) is 3.20. The van der Waals surface area contributed by atoms with E-state index >= 15 is 0 Å². The minimum absolute atomic E-state index is 0.0572. The number of nitrogens with zero attached hydrogens (tertiary/aromatic N) is 2. The lowest BCUT2D eigenvalue weighted by atomic mass is 10.2. The van der Waals surface area contributed by atoms with Crippen molar-refractivity contribution in [3.63, 3.8) is 0 Å². The molecule has 0 saturated heterocycles. The first kappa shape index (κ1) is 13.5. The van der Waals surface area contributed by atoms with Crippen molar-refractivity contribution in [3.8, 4) is 0 Å². The molecule has 0 aromatic carbocycles. The average Bonchev–Trinajstić information content (AvgIpc) is 2.63. The van der Waals surface area contributed by atoms with Crippen LogP contribution < -0.4 is 4.90 Å². The van der Waals surface area contributed by atoms with Crippen molar-refractivity contribution < 1.29 is 4.74 Å². The molecule has 3 nitrogen and oxygen atoms in total. The van der Waals surface area contributed by atoms with Crippen molar-refractivity contribution in [2.45, 2.75) is 39.7 Å². The van der Waals surface area contributed by atoms with Crippen molar-refractivity contribution in [2.24, 2.45) is 0 Å². The SMILES string of the molecule is CCc1csc(N(C)CCOC(C)(C)C)n1. The third kappa shape index (κ3) is 4.49. The molecule has 1 aromatic rings. The Labute approximate surface area is 102 Å². The highest BCUT2D eigenvalue weighted by Gasteiger charge is 2.11. The van der Waals surface area contributed by atoms with Gasteiger partial charge in [0, 0.05) is 19.0 Å². The van der Waals surface area contributed by atoms with E-state index in [1.165, 1.54) is 5.69 Å². The van der Waals surface area contributed by atoms with E-state index < -0.39 is 0 Å². The zero-order valence-corrected chi connectivity index (χ0v) is 11.7. The predicted octanol–water partition coefficient (Wildman–Crippen LogP) is 2.96. The van der Waals surface area contributed by atoms with Crippen LogP contribution >= 0.6 is 11.3 Å². The predicted molar refractivity (Wildman–Crippen MR) is 70.5 cm³/mol. The fourth-order valence-electron chi connectivity index (χ4n) is 1.22. The number of aryl methyl sites for hydroxylation is 1. The number of anilines is 1. The highest BCUT2D eigenvalue weighted by molar-refractivity contribution is 7.13. The van der Waals surface area contributed by atoms with Crippen LogP contribution in [0.1, 0.15) is 33.4 Å². The fourth-order valence-corrected chi connectivity index (χ4v) is 2.12. The van der Waals surface area contributed by atoms with E-state index in [9.17, 15) is 0 Å². The normalized spacial score (nSPS) is 11.8. The molecule has 0 aliphatic carbocycles. The maximum absolute atomic E-state index is 5.69. The van der Waals surface area contributed by atoms with Gasteiger partial charge >= 0.3 is 0 Å². The van der Waals surface area contributed by atoms with Crippen LogP contribution in [0.2, 0.25) is 0 Å². The third-order valence-corrected chi connectivity index (χ3v) is 3.19. The van der Waals surface area contributed by atoms with Crippen LogP contribution in [0.3, 0.4) is 0 Å². The highest BCUT2D eigenvalue weighted by Crippen LogP contribution is 2.19. The molecule has 0 bridgehead atoms. The molecule has 0 spiro atoms. The van der Waals surface area contributed by atoms with E-state index in [0.29, 0.717) is 0 Å². The molecule has 0 saturated carbocycles. The van der Waals surface area contributed by atoms with E-state index in [0.717, 1.165) is 24.7 Å². The van der Waals surface area contributed by atoms with Crippen LogP contribution in [-0.4, -0.2) is 30.8 Å². The molecule has 0 radical (unpaired) electrons. The topological polar surface area (TPSA) is 25.4 Å². The summed E-state index contributed by atoms with van der Waals surface area (Å²) in [5.74, 6) is 0. The summed E-state index contributed by atoms with van der Waals surface area (Å²) < 4.78 is 5.69. The van der Waals surface area contributed by atoms with Gasteiger partial charge in [-0.2, -0.15) is 0 Å². The van der Waals surface area contributed by atoms with Crippen molar-refractivity contribution in [1.29, 1.82) is 0 Å². The van der Waals surface area contributed by atoms with Gasteiger partial charge < -0.3 is 9.64 Å². The number of likely N-dealkylation sites (N-methyl/N-ethyl adjacent to an activating group) is 1. The molecule has 0 aliphatic heterocycles. The second-order valence-electron chi connectivity index (χ2n) is 4.86. The Morgan fingerprint density at radius 2 is 2.12 bits per heavy atom. The molecule has 0 amide bonds. The first-order valence-electron chi connectivity index (χ1n) is 5.72. The van der Waals surface area contributed by atoms with Crippen LogP contribution in [0.25, 0.3) is 0 Å². The standard InChI is InChI=1S/C12H22N2OS/c1-6-10-9-16-11(13-10)14(5)7-8-15-12(2,3)4/h9H,6-8H2,1-5H3. The molecule has 16 heavy (non-hydrogen) atoms. The number of thiazole rings is 1. The van der Waals surface area contributed by atoms with E-state index in [2.05, 4.69) is 50.0 Å². The average molecular weight is 242 g/mol. The van der Waals surface area contributed by atoms with Gasteiger partial charge in [-0.15, -0.1) is 11.3 Å². The molecule has 1 aromatic heterocycles. The smallest absolute Gasteiger partial charge is 0.185 e. The summed E-state index contributed by atoms with van der Waals surface area (Å²) in [6.07, 6.45) is 1.00. The highest BCUT2D eigenvalue weighted by atomic mass is 32.1. The molecule has 0 atom stereocenters. The Hall–Kier alpha value is -0.610. The molecule has 0 unspecified atom stereocenters. The summed E-state index contributed by atoms with van der Waals surface area (Å²) in [5.41, 5.74) is 1.11. The lowest BCUT2D eigenvalue weighted by molar-refractivity contribution is 0.00168. The van der Waals surface area contributed by atoms with E-state index in [4.69, 9.17) is 4.74 Å². The van der Waals surface area contributed by atoms with Gasteiger partial charge in [-0.1, -0.05) is 6.92 Å². The van der Waals surface area contributed by atoms with Gasteiger partial charge in [-0.3, -0.25) is 0 Å². The van der Waals surface area contributed by atoms with Gasteiger partial charge in [0.05, 0.1) is 17.9 Å². The van der Waals surface area contributed by atoms with Crippen molar-refractivity contribution in [2.75, 3.05) is 25.1 Å². The van der Waals surface area contributed by atoms with Crippen LogP contribution in [0.5, 0.6) is 0 Å². The van der Waals surface area contributed by atoms with Crippen molar-refractivity contribution >= 4 is 16.5 Å². The van der Waals surface area contributed by atoms with E-state index in [1.807, 2.05) is 0 Å². The Morgan fingerprint density at radius 3 is 2.62 bits per heavy atom. The van der Waals surface area contributed by atoms with Gasteiger partial charge in [0.2, 0.25) is 0 Å². The molecule has 0 fully saturated rings. The molecule has 1 heterocycles. The fraction of sp³-hybridized carbons (Fsp3) is 0.750. The zero-order chi connectivity index (χ0) is 12.2. The summed E-state index contributed by atoms with van der Waals surface area (Å²) in [7, 11) is 2.06. The number of aromatic nitrogens is 1.